The van der Waals surface area contributed by atoms with Crippen molar-refractivity contribution in [1.29, 1.82) is 0 Å². The second-order valence-electron chi connectivity index (χ2n) is 6.14. The number of ether oxygens (including phenoxy) is 1. The van der Waals surface area contributed by atoms with Crippen LogP contribution in [0.1, 0.15) is 11.1 Å². The summed E-state index contributed by atoms with van der Waals surface area (Å²) in [5, 5.41) is 3.15. The first-order valence-corrected chi connectivity index (χ1v) is 9.83. The summed E-state index contributed by atoms with van der Waals surface area (Å²) in [6.07, 6.45) is 1.47. The van der Waals surface area contributed by atoms with Gasteiger partial charge in [-0.2, -0.15) is 0 Å². The Hall–Kier alpha value is -3.06. The molecule has 0 fully saturated rings. The first-order chi connectivity index (χ1) is 12.9. The lowest BCUT2D eigenvalue weighted by atomic mass is 10.1. The topological polar surface area (TPSA) is 80.3 Å². The van der Waals surface area contributed by atoms with E-state index in [0.29, 0.717) is 11.5 Å². The summed E-state index contributed by atoms with van der Waals surface area (Å²) < 4.78 is 32.8. The quantitative estimate of drug-likeness (QED) is 0.665. The molecule has 3 aromatic rings. The van der Waals surface area contributed by atoms with Gasteiger partial charge in [-0.1, -0.05) is 12.1 Å². The van der Waals surface area contributed by atoms with Gasteiger partial charge in [-0.3, -0.25) is 4.72 Å². The summed E-state index contributed by atoms with van der Waals surface area (Å²) in [6.45, 7) is 3.83. The number of anilines is 3. The van der Waals surface area contributed by atoms with Crippen molar-refractivity contribution < 1.29 is 13.2 Å². The Kier molecular flexibility index (Phi) is 5.32. The maximum atomic E-state index is 12.5. The number of methoxy groups -OCH3 is 1. The summed E-state index contributed by atoms with van der Waals surface area (Å²) in [5.74, 6) is 1.33. The molecule has 0 saturated carbocycles. The van der Waals surface area contributed by atoms with E-state index in [1.165, 1.54) is 6.20 Å². The van der Waals surface area contributed by atoms with Gasteiger partial charge in [0.1, 0.15) is 11.6 Å². The van der Waals surface area contributed by atoms with Crippen LogP contribution in [0.5, 0.6) is 5.75 Å². The smallest absolute Gasteiger partial charge is 0.261 e. The zero-order chi connectivity index (χ0) is 19.4. The van der Waals surface area contributed by atoms with Crippen LogP contribution in [-0.4, -0.2) is 20.5 Å². The van der Waals surface area contributed by atoms with Crippen molar-refractivity contribution in [2.45, 2.75) is 18.7 Å². The molecular formula is C20H21N3O3S. The van der Waals surface area contributed by atoms with Crippen LogP contribution in [0.2, 0.25) is 0 Å². The van der Waals surface area contributed by atoms with Gasteiger partial charge in [-0.25, -0.2) is 13.4 Å². The van der Waals surface area contributed by atoms with Crippen molar-refractivity contribution in [2.75, 3.05) is 17.1 Å². The molecule has 27 heavy (non-hydrogen) atoms. The third kappa shape index (κ3) is 4.57. The van der Waals surface area contributed by atoms with Gasteiger partial charge in [0.15, 0.2) is 0 Å². The zero-order valence-electron chi connectivity index (χ0n) is 15.4. The largest absolute Gasteiger partial charge is 0.497 e. The molecule has 3 rings (SSSR count). The lowest BCUT2D eigenvalue weighted by Crippen LogP contribution is -2.13. The van der Waals surface area contributed by atoms with E-state index >= 15 is 0 Å². The molecular weight excluding hydrogens is 362 g/mol. The maximum Gasteiger partial charge on any atom is 0.261 e. The first kappa shape index (κ1) is 18.7. The molecule has 0 aliphatic carbocycles. The second kappa shape index (κ2) is 7.67. The van der Waals surface area contributed by atoms with E-state index in [-0.39, 0.29) is 4.90 Å². The third-order valence-corrected chi connectivity index (χ3v) is 5.53. The fourth-order valence-corrected chi connectivity index (χ4v) is 3.60. The Morgan fingerprint density at radius 2 is 1.74 bits per heavy atom. The highest BCUT2D eigenvalue weighted by molar-refractivity contribution is 7.92. The van der Waals surface area contributed by atoms with Crippen LogP contribution >= 0.6 is 0 Å². The number of sulfonamides is 1. The van der Waals surface area contributed by atoms with Gasteiger partial charge in [0.25, 0.3) is 10.0 Å². The number of aryl methyl sites for hydroxylation is 2. The summed E-state index contributed by atoms with van der Waals surface area (Å²) in [6, 6.07) is 15.9. The lowest BCUT2D eigenvalue weighted by Gasteiger charge is -2.11. The van der Waals surface area contributed by atoms with Gasteiger partial charge in [-0.15, -0.1) is 0 Å². The SMILES string of the molecule is COc1cccc(Nc2ccc(NS(=O)(=O)c3ccc(C)c(C)c3)cn2)c1. The maximum absolute atomic E-state index is 12.5. The molecule has 0 bridgehead atoms. The first-order valence-electron chi connectivity index (χ1n) is 8.34. The molecule has 1 heterocycles. The number of nitrogens with zero attached hydrogens (tertiary/aromatic N) is 1. The fourth-order valence-electron chi connectivity index (χ4n) is 2.47. The molecule has 0 amide bonds. The van der Waals surface area contributed by atoms with Gasteiger partial charge in [-0.05, 0) is 61.4 Å². The van der Waals surface area contributed by atoms with Crippen LogP contribution in [0.15, 0.2) is 65.7 Å². The van der Waals surface area contributed by atoms with Crippen molar-refractivity contribution in [3.8, 4) is 5.75 Å². The van der Waals surface area contributed by atoms with Crippen molar-refractivity contribution in [1.82, 2.24) is 4.98 Å². The van der Waals surface area contributed by atoms with E-state index < -0.39 is 10.0 Å². The van der Waals surface area contributed by atoms with Crippen LogP contribution < -0.4 is 14.8 Å². The summed E-state index contributed by atoms with van der Waals surface area (Å²) in [7, 11) is -2.06. The highest BCUT2D eigenvalue weighted by atomic mass is 32.2. The number of benzene rings is 2. The summed E-state index contributed by atoms with van der Waals surface area (Å²) in [4.78, 5) is 4.49. The van der Waals surface area contributed by atoms with Crippen LogP contribution in [-0.2, 0) is 10.0 Å². The molecule has 2 aromatic carbocycles. The average Bonchev–Trinajstić information content (AvgIpc) is 2.65. The third-order valence-electron chi connectivity index (χ3n) is 4.15. The lowest BCUT2D eigenvalue weighted by molar-refractivity contribution is 0.415. The number of pyridine rings is 1. The summed E-state index contributed by atoms with van der Waals surface area (Å²) in [5.41, 5.74) is 3.19. The Morgan fingerprint density at radius 3 is 2.41 bits per heavy atom. The van der Waals surface area contributed by atoms with Gasteiger partial charge in [0.05, 0.1) is 23.9 Å². The second-order valence-corrected chi connectivity index (χ2v) is 7.82. The standard InChI is InChI=1S/C20H21N3O3S/c1-14-7-9-19(11-15(14)2)27(24,25)23-17-8-10-20(21-13-17)22-16-5-4-6-18(12-16)26-3/h4-13,23H,1-3H3,(H,21,22). The Balaban J connectivity index is 1.74. The van der Waals surface area contributed by atoms with Gasteiger partial charge >= 0.3 is 0 Å². The van der Waals surface area contributed by atoms with Crippen LogP contribution in [0.3, 0.4) is 0 Å². The van der Waals surface area contributed by atoms with E-state index in [1.807, 2.05) is 38.1 Å². The van der Waals surface area contributed by atoms with Crippen LogP contribution in [0.25, 0.3) is 0 Å². The molecule has 0 spiro atoms. The van der Waals surface area contributed by atoms with Crippen molar-refractivity contribution in [3.05, 3.63) is 71.9 Å². The van der Waals surface area contributed by atoms with Gasteiger partial charge < -0.3 is 10.1 Å². The minimum Gasteiger partial charge on any atom is -0.497 e. The van der Waals surface area contributed by atoms with Gasteiger partial charge in [0.2, 0.25) is 0 Å². The molecule has 2 N–H and O–H groups in total. The van der Waals surface area contributed by atoms with Gasteiger partial charge in [0, 0.05) is 11.8 Å². The normalized spacial score (nSPS) is 11.1. The molecule has 0 atom stereocenters. The summed E-state index contributed by atoms with van der Waals surface area (Å²) >= 11 is 0. The van der Waals surface area contributed by atoms with Crippen molar-refractivity contribution in [2.24, 2.45) is 0 Å². The Bertz CT molecular complexity index is 1050. The van der Waals surface area contributed by atoms with E-state index in [2.05, 4.69) is 15.0 Å². The van der Waals surface area contributed by atoms with Crippen LogP contribution in [0.4, 0.5) is 17.2 Å². The fraction of sp³-hybridized carbons (Fsp3) is 0.150. The molecule has 6 nitrogen and oxygen atoms in total. The molecule has 0 aliphatic heterocycles. The number of hydrogen-bond acceptors (Lipinski definition) is 5. The zero-order valence-corrected chi connectivity index (χ0v) is 16.2. The molecule has 7 heteroatoms. The molecule has 0 aliphatic rings. The monoisotopic (exact) mass is 383 g/mol. The predicted octanol–water partition coefficient (Wildman–Crippen LogP) is 4.25. The van der Waals surface area contributed by atoms with Crippen molar-refractivity contribution >= 4 is 27.2 Å². The number of rotatable bonds is 6. The number of hydrogen-bond donors (Lipinski definition) is 2. The molecule has 0 radical (unpaired) electrons. The molecule has 0 saturated heterocycles. The van der Waals surface area contributed by atoms with Crippen LogP contribution in [0, 0.1) is 13.8 Å². The molecule has 0 unspecified atom stereocenters. The van der Waals surface area contributed by atoms with E-state index in [0.717, 1.165) is 22.6 Å². The van der Waals surface area contributed by atoms with E-state index in [4.69, 9.17) is 4.74 Å². The minimum atomic E-state index is -3.66. The number of nitrogens with one attached hydrogen (secondary N) is 2. The minimum absolute atomic E-state index is 0.226. The highest BCUT2D eigenvalue weighted by Gasteiger charge is 2.15. The van der Waals surface area contributed by atoms with Crippen molar-refractivity contribution in [3.63, 3.8) is 0 Å². The average molecular weight is 383 g/mol. The highest BCUT2D eigenvalue weighted by Crippen LogP contribution is 2.22. The Morgan fingerprint density at radius 1 is 0.926 bits per heavy atom. The molecule has 140 valence electrons. The predicted molar refractivity (Wildman–Crippen MR) is 107 cm³/mol. The Labute approximate surface area is 159 Å². The van der Waals surface area contributed by atoms with E-state index in [9.17, 15) is 8.42 Å². The number of aromatic nitrogens is 1. The molecule has 1 aromatic heterocycles. The van der Waals surface area contributed by atoms with E-state index in [1.54, 1.807) is 37.4 Å².